The molecule has 24 heavy (non-hydrogen) atoms. The second kappa shape index (κ2) is 6.60. The summed E-state index contributed by atoms with van der Waals surface area (Å²) < 4.78 is 5.43. The number of hydrogen-bond donors (Lipinski definition) is 3. The molecule has 0 bridgehead atoms. The molecule has 6 heteroatoms. The van der Waals surface area contributed by atoms with E-state index >= 15 is 0 Å². The highest BCUT2D eigenvalue weighted by Gasteiger charge is 2.41. The molecule has 1 fully saturated rings. The van der Waals surface area contributed by atoms with Gasteiger partial charge in [-0.3, -0.25) is 9.59 Å². The van der Waals surface area contributed by atoms with Crippen LogP contribution < -0.4 is 10.6 Å². The Morgan fingerprint density at radius 1 is 1.17 bits per heavy atom. The molecule has 2 aromatic rings. The molecule has 0 atom stereocenters. The molecule has 1 aliphatic rings. The number of amides is 1. The van der Waals surface area contributed by atoms with Crippen molar-refractivity contribution < 1.29 is 19.1 Å². The molecule has 0 aliphatic carbocycles. The Morgan fingerprint density at radius 3 is 2.54 bits per heavy atom. The molecular weight excluding hydrogens is 308 g/mol. The molecule has 0 saturated carbocycles. The minimum Gasteiger partial charge on any atom is -0.481 e. The van der Waals surface area contributed by atoms with E-state index < -0.39 is 17.4 Å². The summed E-state index contributed by atoms with van der Waals surface area (Å²) in [6.07, 6.45) is -0.132. The van der Waals surface area contributed by atoms with Gasteiger partial charge in [-0.1, -0.05) is 24.1 Å². The SMILES string of the molecule is O=C(O)CC1(NC(=O)c2ccc(C#Cc3ccccc3)o2)CNC1. The number of nitrogens with one attached hydrogen (secondary N) is 2. The average molecular weight is 324 g/mol. The molecule has 3 N–H and O–H groups in total. The number of benzene rings is 1. The highest BCUT2D eigenvalue weighted by atomic mass is 16.4. The Balaban J connectivity index is 1.68. The van der Waals surface area contributed by atoms with Crippen molar-refractivity contribution in [2.75, 3.05) is 13.1 Å². The lowest BCUT2D eigenvalue weighted by Gasteiger charge is -2.41. The van der Waals surface area contributed by atoms with Crippen LogP contribution in [-0.4, -0.2) is 35.6 Å². The van der Waals surface area contributed by atoms with E-state index in [0.717, 1.165) is 5.56 Å². The van der Waals surface area contributed by atoms with Crippen molar-refractivity contribution in [1.29, 1.82) is 0 Å². The maximum absolute atomic E-state index is 12.2. The van der Waals surface area contributed by atoms with Crippen LogP contribution in [0.5, 0.6) is 0 Å². The van der Waals surface area contributed by atoms with Gasteiger partial charge in [0.1, 0.15) is 0 Å². The zero-order chi connectivity index (χ0) is 17.0. The minimum absolute atomic E-state index is 0.115. The van der Waals surface area contributed by atoms with Crippen LogP contribution in [-0.2, 0) is 4.79 Å². The van der Waals surface area contributed by atoms with Gasteiger partial charge in [0.25, 0.3) is 5.91 Å². The van der Waals surface area contributed by atoms with Gasteiger partial charge in [0.05, 0.1) is 12.0 Å². The summed E-state index contributed by atoms with van der Waals surface area (Å²) in [5, 5.41) is 14.7. The topological polar surface area (TPSA) is 91.6 Å². The Bertz CT molecular complexity index is 810. The molecule has 1 aromatic heterocycles. The van der Waals surface area contributed by atoms with Crippen LogP contribution in [0.25, 0.3) is 0 Å². The van der Waals surface area contributed by atoms with Crippen molar-refractivity contribution >= 4 is 11.9 Å². The van der Waals surface area contributed by atoms with E-state index in [2.05, 4.69) is 22.5 Å². The molecule has 0 spiro atoms. The Morgan fingerprint density at radius 2 is 1.92 bits per heavy atom. The molecular formula is C18H16N2O4. The largest absolute Gasteiger partial charge is 0.481 e. The van der Waals surface area contributed by atoms with E-state index in [0.29, 0.717) is 18.8 Å². The fourth-order valence-electron chi connectivity index (χ4n) is 2.46. The second-order valence-electron chi connectivity index (χ2n) is 5.69. The highest BCUT2D eigenvalue weighted by Crippen LogP contribution is 2.18. The summed E-state index contributed by atoms with van der Waals surface area (Å²) >= 11 is 0. The first kappa shape index (κ1) is 15.8. The quantitative estimate of drug-likeness (QED) is 0.736. The van der Waals surface area contributed by atoms with Crippen molar-refractivity contribution in [3.8, 4) is 11.8 Å². The first-order valence-electron chi connectivity index (χ1n) is 7.48. The third-order valence-electron chi connectivity index (χ3n) is 3.73. The first-order valence-corrected chi connectivity index (χ1v) is 7.48. The second-order valence-corrected chi connectivity index (χ2v) is 5.69. The van der Waals surface area contributed by atoms with Crippen LogP contribution >= 0.6 is 0 Å². The molecule has 122 valence electrons. The third kappa shape index (κ3) is 3.65. The maximum atomic E-state index is 12.2. The Hall–Kier alpha value is -3.04. The fraction of sp³-hybridized carbons (Fsp3) is 0.222. The van der Waals surface area contributed by atoms with E-state index in [4.69, 9.17) is 9.52 Å². The summed E-state index contributed by atoms with van der Waals surface area (Å²) in [7, 11) is 0. The van der Waals surface area contributed by atoms with Crippen LogP contribution in [0.3, 0.4) is 0 Å². The van der Waals surface area contributed by atoms with Crippen LogP contribution in [0.2, 0.25) is 0 Å². The summed E-state index contributed by atoms with van der Waals surface area (Å²) in [5.41, 5.74) is 0.0897. The zero-order valence-corrected chi connectivity index (χ0v) is 12.8. The van der Waals surface area contributed by atoms with Crippen molar-refractivity contribution in [1.82, 2.24) is 10.6 Å². The van der Waals surface area contributed by atoms with E-state index in [1.165, 1.54) is 6.07 Å². The van der Waals surface area contributed by atoms with Crippen molar-refractivity contribution in [2.45, 2.75) is 12.0 Å². The number of carboxylic acids is 1. The summed E-state index contributed by atoms with van der Waals surface area (Å²) in [6.45, 7) is 0.846. The first-order chi connectivity index (χ1) is 11.6. The number of carbonyl (C=O) groups is 2. The van der Waals surface area contributed by atoms with Gasteiger partial charge in [-0.25, -0.2) is 0 Å². The molecule has 1 amide bonds. The third-order valence-corrected chi connectivity index (χ3v) is 3.73. The number of carbonyl (C=O) groups excluding carboxylic acids is 1. The number of rotatable bonds is 4. The molecule has 6 nitrogen and oxygen atoms in total. The van der Waals surface area contributed by atoms with E-state index in [1.54, 1.807) is 6.07 Å². The van der Waals surface area contributed by atoms with E-state index in [1.807, 2.05) is 30.3 Å². The Labute approximate surface area is 138 Å². The number of aliphatic carboxylic acids is 1. The number of furan rings is 1. The molecule has 3 rings (SSSR count). The van der Waals surface area contributed by atoms with E-state index in [9.17, 15) is 9.59 Å². The van der Waals surface area contributed by atoms with Gasteiger partial charge in [0.15, 0.2) is 11.5 Å². The zero-order valence-electron chi connectivity index (χ0n) is 12.8. The van der Waals surface area contributed by atoms with Crippen molar-refractivity contribution in [3.05, 3.63) is 59.5 Å². The summed E-state index contributed by atoms with van der Waals surface area (Å²) in [4.78, 5) is 23.2. The molecule has 0 unspecified atom stereocenters. The molecule has 0 radical (unpaired) electrons. The van der Waals surface area contributed by atoms with Gasteiger partial charge in [0.2, 0.25) is 0 Å². The molecule has 1 saturated heterocycles. The average Bonchev–Trinajstić information content (AvgIpc) is 3.00. The van der Waals surface area contributed by atoms with Crippen molar-refractivity contribution in [3.63, 3.8) is 0 Å². The van der Waals surface area contributed by atoms with Gasteiger partial charge in [-0.15, -0.1) is 0 Å². The van der Waals surface area contributed by atoms with Gasteiger partial charge in [-0.05, 0) is 30.2 Å². The monoisotopic (exact) mass is 324 g/mol. The lowest BCUT2D eigenvalue weighted by molar-refractivity contribution is -0.139. The standard InChI is InChI=1S/C18H16N2O4/c21-16(22)10-18(11-19-12-18)20-17(23)15-9-8-14(24-15)7-6-13-4-2-1-3-5-13/h1-5,8-9,19H,10-12H2,(H,20,23)(H,21,22). The maximum Gasteiger partial charge on any atom is 0.305 e. The summed E-state index contributed by atoms with van der Waals surface area (Å²) in [5.74, 6) is 4.90. The van der Waals surface area contributed by atoms with Crippen LogP contribution in [0.15, 0.2) is 46.9 Å². The Kier molecular flexibility index (Phi) is 4.36. The van der Waals surface area contributed by atoms with Crippen LogP contribution in [0.1, 0.15) is 28.3 Å². The lowest BCUT2D eigenvalue weighted by Crippen LogP contribution is -2.69. The number of hydrogen-bond acceptors (Lipinski definition) is 4. The smallest absolute Gasteiger partial charge is 0.305 e. The molecule has 1 aliphatic heterocycles. The lowest BCUT2D eigenvalue weighted by atomic mass is 9.88. The molecule has 1 aromatic carbocycles. The van der Waals surface area contributed by atoms with Gasteiger partial charge in [-0.2, -0.15) is 0 Å². The predicted molar refractivity (Wildman–Crippen MR) is 86.4 cm³/mol. The van der Waals surface area contributed by atoms with Crippen LogP contribution in [0, 0.1) is 11.8 Å². The predicted octanol–water partition coefficient (Wildman–Crippen LogP) is 1.23. The molecule has 2 heterocycles. The number of carboxylic acid groups (broad SMARTS) is 1. The van der Waals surface area contributed by atoms with Crippen LogP contribution in [0.4, 0.5) is 0 Å². The van der Waals surface area contributed by atoms with Gasteiger partial charge < -0.3 is 20.2 Å². The van der Waals surface area contributed by atoms with E-state index in [-0.39, 0.29) is 12.2 Å². The normalized spacial score (nSPS) is 14.8. The van der Waals surface area contributed by atoms with Gasteiger partial charge >= 0.3 is 5.97 Å². The van der Waals surface area contributed by atoms with Gasteiger partial charge in [0, 0.05) is 18.7 Å². The van der Waals surface area contributed by atoms with Crippen molar-refractivity contribution in [2.24, 2.45) is 0 Å². The summed E-state index contributed by atoms with van der Waals surface area (Å²) in [6, 6.07) is 12.6. The minimum atomic E-state index is -0.953. The highest BCUT2D eigenvalue weighted by molar-refractivity contribution is 5.92. The fourth-order valence-corrected chi connectivity index (χ4v) is 2.46.